The lowest BCUT2D eigenvalue weighted by Crippen LogP contribution is -2.48. The van der Waals surface area contributed by atoms with Crippen molar-refractivity contribution >= 4 is 0 Å². The van der Waals surface area contributed by atoms with Gasteiger partial charge in [-0.2, -0.15) is 0 Å². The average Bonchev–Trinajstić information content (AvgIpc) is 2.07. The lowest BCUT2D eigenvalue weighted by atomic mass is 9.91. The largest absolute Gasteiger partial charge is 0.327 e. The summed E-state index contributed by atoms with van der Waals surface area (Å²) in [4.78, 5) is 1.82. The molecule has 0 saturated carbocycles. The first-order valence-corrected chi connectivity index (χ1v) is 4.89. The smallest absolute Gasteiger partial charge is 0.251 e. The highest BCUT2D eigenvalue weighted by Gasteiger charge is 2.26. The molecule has 1 fully saturated rings. The Morgan fingerprint density at radius 1 is 1.54 bits per heavy atom. The molecule has 1 saturated heterocycles. The number of nitrogens with two attached hydrogens (primary N) is 1. The fourth-order valence-corrected chi connectivity index (χ4v) is 1.92. The van der Waals surface area contributed by atoms with E-state index in [2.05, 4.69) is 6.92 Å². The maximum atomic E-state index is 12.1. The molecule has 0 aromatic carbocycles. The second-order valence-corrected chi connectivity index (χ2v) is 3.77. The van der Waals surface area contributed by atoms with Crippen molar-refractivity contribution in [3.63, 3.8) is 0 Å². The molecule has 4 heteroatoms. The van der Waals surface area contributed by atoms with Crippen LogP contribution < -0.4 is 5.73 Å². The monoisotopic (exact) mass is 192 g/mol. The van der Waals surface area contributed by atoms with E-state index in [0.29, 0.717) is 5.92 Å². The molecule has 2 unspecified atom stereocenters. The molecule has 0 aromatic rings. The van der Waals surface area contributed by atoms with Crippen molar-refractivity contribution < 1.29 is 8.78 Å². The van der Waals surface area contributed by atoms with Crippen molar-refractivity contribution in [3.05, 3.63) is 0 Å². The minimum Gasteiger partial charge on any atom is -0.327 e. The quantitative estimate of drug-likeness (QED) is 0.730. The predicted molar refractivity (Wildman–Crippen MR) is 48.8 cm³/mol. The first-order valence-electron chi connectivity index (χ1n) is 4.89. The van der Waals surface area contributed by atoms with Gasteiger partial charge in [0.05, 0.1) is 6.54 Å². The summed E-state index contributed by atoms with van der Waals surface area (Å²) < 4.78 is 24.1. The average molecular weight is 192 g/mol. The van der Waals surface area contributed by atoms with Crippen LogP contribution in [-0.2, 0) is 0 Å². The molecule has 78 valence electrons. The number of alkyl halides is 2. The van der Waals surface area contributed by atoms with Gasteiger partial charge in [0.1, 0.15) is 0 Å². The highest BCUT2D eigenvalue weighted by atomic mass is 19.3. The van der Waals surface area contributed by atoms with Crippen LogP contribution in [0.25, 0.3) is 0 Å². The summed E-state index contributed by atoms with van der Waals surface area (Å²) in [5, 5.41) is 0. The van der Waals surface area contributed by atoms with Crippen LogP contribution in [0.2, 0.25) is 0 Å². The summed E-state index contributed by atoms with van der Waals surface area (Å²) in [5.74, 6) is 0.396. The number of hydrogen-bond acceptors (Lipinski definition) is 2. The zero-order chi connectivity index (χ0) is 9.84. The molecule has 2 atom stereocenters. The molecule has 1 heterocycles. The van der Waals surface area contributed by atoms with E-state index in [4.69, 9.17) is 5.73 Å². The van der Waals surface area contributed by atoms with Crippen molar-refractivity contribution in [2.75, 3.05) is 19.6 Å². The van der Waals surface area contributed by atoms with Crippen molar-refractivity contribution in [3.8, 4) is 0 Å². The molecular formula is C9H18F2N2. The van der Waals surface area contributed by atoms with E-state index in [9.17, 15) is 8.78 Å². The molecule has 0 spiro atoms. The van der Waals surface area contributed by atoms with Gasteiger partial charge in [-0.05, 0) is 18.9 Å². The van der Waals surface area contributed by atoms with Gasteiger partial charge in [-0.25, -0.2) is 8.78 Å². The Morgan fingerprint density at radius 3 is 2.77 bits per heavy atom. The molecule has 1 rings (SSSR count). The van der Waals surface area contributed by atoms with Gasteiger partial charge >= 0.3 is 0 Å². The molecule has 0 radical (unpaired) electrons. The van der Waals surface area contributed by atoms with E-state index in [1.54, 1.807) is 0 Å². The first-order chi connectivity index (χ1) is 6.13. The SMILES string of the molecule is CCC1CN(CC(F)F)CCC1N. The topological polar surface area (TPSA) is 29.3 Å². The third kappa shape index (κ3) is 3.19. The Hall–Kier alpha value is -0.220. The Bertz CT molecular complexity index is 153. The third-order valence-corrected chi connectivity index (χ3v) is 2.80. The van der Waals surface area contributed by atoms with E-state index >= 15 is 0 Å². The van der Waals surface area contributed by atoms with Crippen LogP contribution in [0.1, 0.15) is 19.8 Å². The standard InChI is InChI=1S/C9H18F2N2/c1-2-7-5-13(6-9(10)11)4-3-8(7)12/h7-9H,2-6,12H2,1H3. The van der Waals surface area contributed by atoms with Crippen LogP contribution in [0.5, 0.6) is 0 Å². The zero-order valence-corrected chi connectivity index (χ0v) is 8.05. The first kappa shape index (κ1) is 10.9. The predicted octanol–water partition coefficient (Wildman–Crippen LogP) is 1.31. The normalized spacial score (nSPS) is 31.2. The zero-order valence-electron chi connectivity index (χ0n) is 8.05. The van der Waals surface area contributed by atoms with Crippen LogP contribution in [-0.4, -0.2) is 37.0 Å². The lowest BCUT2D eigenvalue weighted by Gasteiger charge is -2.36. The molecule has 0 bridgehead atoms. The van der Waals surface area contributed by atoms with Gasteiger partial charge in [-0.1, -0.05) is 13.3 Å². The third-order valence-electron chi connectivity index (χ3n) is 2.80. The van der Waals surface area contributed by atoms with Crippen molar-refractivity contribution in [1.82, 2.24) is 4.90 Å². The van der Waals surface area contributed by atoms with Crippen LogP contribution in [0.4, 0.5) is 8.78 Å². The summed E-state index contributed by atoms with van der Waals surface area (Å²) in [6.45, 7) is 3.43. The van der Waals surface area contributed by atoms with Gasteiger partial charge in [0.25, 0.3) is 6.43 Å². The minimum atomic E-state index is -2.22. The Kier molecular flexibility index (Phi) is 4.06. The van der Waals surface area contributed by atoms with E-state index in [-0.39, 0.29) is 12.6 Å². The van der Waals surface area contributed by atoms with E-state index in [0.717, 1.165) is 25.9 Å². The maximum absolute atomic E-state index is 12.1. The fraction of sp³-hybridized carbons (Fsp3) is 1.00. The lowest BCUT2D eigenvalue weighted by molar-refractivity contribution is 0.0586. The molecule has 0 amide bonds. The van der Waals surface area contributed by atoms with Gasteiger partial charge in [-0.15, -0.1) is 0 Å². The van der Waals surface area contributed by atoms with Crippen LogP contribution in [0, 0.1) is 5.92 Å². The van der Waals surface area contributed by atoms with Gasteiger partial charge < -0.3 is 5.73 Å². The second kappa shape index (κ2) is 4.86. The number of hydrogen-bond donors (Lipinski definition) is 1. The number of piperidine rings is 1. The van der Waals surface area contributed by atoms with Gasteiger partial charge in [0, 0.05) is 12.6 Å². The van der Waals surface area contributed by atoms with E-state index in [1.165, 1.54) is 0 Å². The Labute approximate surface area is 78.1 Å². The molecule has 1 aliphatic rings. The Morgan fingerprint density at radius 2 is 2.23 bits per heavy atom. The number of likely N-dealkylation sites (tertiary alicyclic amines) is 1. The van der Waals surface area contributed by atoms with Crippen LogP contribution in [0.15, 0.2) is 0 Å². The van der Waals surface area contributed by atoms with Gasteiger partial charge in [-0.3, -0.25) is 4.90 Å². The number of halogens is 2. The summed E-state index contributed by atoms with van der Waals surface area (Å²) >= 11 is 0. The summed E-state index contributed by atoms with van der Waals surface area (Å²) in [6, 6.07) is 0.207. The minimum absolute atomic E-state index is 0.0940. The highest BCUT2D eigenvalue weighted by Crippen LogP contribution is 2.18. The second-order valence-electron chi connectivity index (χ2n) is 3.77. The van der Waals surface area contributed by atoms with Crippen LogP contribution >= 0.6 is 0 Å². The fourth-order valence-electron chi connectivity index (χ4n) is 1.92. The maximum Gasteiger partial charge on any atom is 0.251 e. The molecule has 2 nitrogen and oxygen atoms in total. The van der Waals surface area contributed by atoms with Gasteiger partial charge in [0.2, 0.25) is 0 Å². The van der Waals surface area contributed by atoms with Crippen molar-refractivity contribution in [2.24, 2.45) is 11.7 Å². The summed E-state index contributed by atoms with van der Waals surface area (Å²) in [7, 11) is 0. The van der Waals surface area contributed by atoms with E-state index < -0.39 is 6.43 Å². The number of rotatable bonds is 3. The molecule has 0 aromatic heterocycles. The molecule has 1 aliphatic heterocycles. The molecular weight excluding hydrogens is 174 g/mol. The van der Waals surface area contributed by atoms with E-state index in [1.807, 2.05) is 4.90 Å². The van der Waals surface area contributed by atoms with Gasteiger partial charge in [0.15, 0.2) is 0 Å². The highest BCUT2D eigenvalue weighted by molar-refractivity contribution is 4.82. The molecule has 13 heavy (non-hydrogen) atoms. The number of nitrogens with zero attached hydrogens (tertiary/aromatic N) is 1. The summed E-state index contributed by atoms with van der Waals surface area (Å²) in [6.07, 6.45) is -0.376. The van der Waals surface area contributed by atoms with Crippen LogP contribution in [0.3, 0.4) is 0 Å². The van der Waals surface area contributed by atoms with Crippen molar-refractivity contribution in [2.45, 2.75) is 32.2 Å². The summed E-state index contributed by atoms with van der Waals surface area (Å²) in [5.41, 5.74) is 5.87. The molecule has 2 N–H and O–H groups in total. The Balaban J connectivity index is 2.36. The van der Waals surface area contributed by atoms with Crippen molar-refractivity contribution in [1.29, 1.82) is 0 Å². The molecule has 0 aliphatic carbocycles.